The molecule has 0 bridgehead atoms. The second-order valence-corrected chi connectivity index (χ2v) is 8.75. The Bertz CT molecular complexity index is 876. The topological polar surface area (TPSA) is 80.5 Å². The highest BCUT2D eigenvalue weighted by atomic mass is 16.6. The molecule has 6 heteroatoms. The van der Waals surface area contributed by atoms with Crippen LogP contribution in [0.4, 0.5) is 16.2 Å². The maximum atomic E-state index is 12.8. The van der Waals surface area contributed by atoms with Gasteiger partial charge in [-0.3, -0.25) is 9.88 Å². The number of ether oxygens (including phenoxy) is 1. The largest absolute Gasteiger partial charge is 0.441 e. The average molecular weight is 395 g/mol. The lowest BCUT2D eigenvalue weighted by atomic mass is 9.86. The fourth-order valence-corrected chi connectivity index (χ4v) is 4.74. The van der Waals surface area contributed by atoms with Gasteiger partial charge < -0.3 is 15.8 Å². The van der Waals surface area contributed by atoms with Gasteiger partial charge >= 0.3 is 6.09 Å². The van der Waals surface area contributed by atoms with Gasteiger partial charge in [0.05, 0.1) is 23.6 Å². The predicted molar refractivity (Wildman–Crippen MR) is 115 cm³/mol. The van der Waals surface area contributed by atoms with Gasteiger partial charge in [0.25, 0.3) is 0 Å². The molecule has 1 aliphatic carbocycles. The normalized spacial score (nSPS) is 26.2. The fourth-order valence-electron chi connectivity index (χ4n) is 4.74. The number of nitrogens with two attached hydrogens (primary N) is 1. The van der Waals surface area contributed by atoms with E-state index in [-0.39, 0.29) is 18.2 Å². The highest BCUT2D eigenvalue weighted by Gasteiger charge is 2.51. The van der Waals surface area contributed by atoms with Crippen molar-refractivity contribution in [1.29, 1.82) is 0 Å². The standard InChI is InChI=1S/C23H30N4O2/c1-15-13-20(19(24)14-25-15)26-17-9-11-18(12-10-17)27-21(16-7-5-4-6-8-16)23(2,3)29-22(27)28/h4-8,13-14,17-18,21H,9-12,24H2,1-3H3,(H,25,26)/t17?,18?,21-/m0/s1. The van der Waals surface area contributed by atoms with Crippen molar-refractivity contribution in [2.75, 3.05) is 11.1 Å². The number of nitrogens with zero attached hydrogens (tertiary/aromatic N) is 2. The van der Waals surface area contributed by atoms with Crippen molar-refractivity contribution in [2.45, 2.75) is 70.2 Å². The number of amides is 1. The number of rotatable bonds is 4. The summed E-state index contributed by atoms with van der Waals surface area (Å²) in [5.41, 5.74) is 9.22. The van der Waals surface area contributed by atoms with E-state index in [0.29, 0.717) is 11.7 Å². The number of cyclic esters (lactones) is 1. The van der Waals surface area contributed by atoms with Crippen molar-refractivity contribution < 1.29 is 9.53 Å². The van der Waals surface area contributed by atoms with Gasteiger partial charge in [0, 0.05) is 17.8 Å². The lowest BCUT2D eigenvalue weighted by Crippen LogP contribution is -2.44. The van der Waals surface area contributed by atoms with Crippen LogP contribution < -0.4 is 11.1 Å². The van der Waals surface area contributed by atoms with E-state index in [2.05, 4.69) is 22.4 Å². The summed E-state index contributed by atoms with van der Waals surface area (Å²) in [6.07, 6.45) is 5.35. The van der Waals surface area contributed by atoms with Crippen LogP contribution >= 0.6 is 0 Å². The number of pyridine rings is 1. The Labute approximate surface area is 172 Å². The Hall–Kier alpha value is -2.76. The first-order valence-corrected chi connectivity index (χ1v) is 10.4. The monoisotopic (exact) mass is 394 g/mol. The molecule has 0 unspecified atom stereocenters. The molecule has 154 valence electrons. The van der Waals surface area contributed by atoms with Gasteiger partial charge in [0.15, 0.2) is 0 Å². The molecule has 0 radical (unpaired) electrons. The van der Waals surface area contributed by atoms with Crippen LogP contribution in [0.15, 0.2) is 42.6 Å². The van der Waals surface area contributed by atoms with E-state index >= 15 is 0 Å². The van der Waals surface area contributed by atoms with Crippen LogP contribution in [0.1, 0.15) is 56.8 Å². The maximum absolute atomic E-state index is 12.8. The molecule has 1 amide bonds. The van der Waals surface area contributed by atoms with Crippen molar-refractivity contribution in [2.24, 2.45) is 0 Å². The van der Waals surface area contributed by atoms with Crippen LogP contribution in [0, 0.1) is 6.92 Å². The van der Waals surface area contributed by atoms with Crippen molar-refractivity contribution in [3.05, 3.63) is 53.9 Å². The van der Waals surface area contributed by atoms with Gasteiger partial charge in [-0.25, -0.2) is 4.79 Å². The number of nitrogens with one attached hydrogen (secondary N) is 1. The van der Waals surface area contributed by atoms with Crippen LogP contribution in [0.5, 0.6) is 0 Å². The van der Waals surface area contributed by atoms with Crippen molar-refractivity contribution in [1.82, 2.24) is 9.88 Å². The summed E-state index contributed by atoms with van der Waals surface area (Å²) >= 11 is 0. The van der Waals surface area contributed by atoms with E-state index in [1.807, 2.05) is 49.9 Å². The number of benzene rings is 1. The molecule has 0 spiro atoms. The first kappa shape index (κ1) is 19.6. The highest BCUT2D eigenvalue weighted by Crippen LogP contribution is 2.44. The molecule has 29 heavy (non-hydrogen) atoms. The number of hydrogen-bond acceptors (Lipinski definition) is 5. The van der Waals surface area contributed by atoms with Crippen molar-refractivity contribution in [3.63, 3.8) is 0 Å². The molecule has 1 aromatic carbocycles. The summed E-state index contributed by atoms with van der Waals surface area (Å²) in [5, 5.41) is 3.57. The summed E-state index contributed by atoms with van der Waals surface area (Å²) in [6, 6.07) is 12.7. The lowest BCUT2D eigenvalue weighted by molar-refractivity contribution is 0.0664. The number of carbonyl (C=O) groups is 1. The first-order valence-electron chi connectivity index (χ1n) is 10.4. The fraction of sp³-hybridized carbons (Fsp3) is 0.478. The summed E-state index contributed by atoms with van der Waals surface area (Å²) in [7, 11) is 0. The first-order chi connectivity index (χ1) is 13.8. The molecule has 2 heterocycles. The third-order valence-corrected chi connectivity index (χ3v) is 6.13. The van der Waals surface area contributed by atoms with E-state index in [0.717, 1.165) is 42.6 Å². The van der Waals surface area contributed by atoms with E-state index in [9.17, 15) is 4.79 Å². The van der Waals surface area contributed by atoms with Gasteiger partial charge in [-0.15, -0.1) is 0 Å². The minimum absolute atomic E-state index is 0.0656. The number of aryl methyl sites for hydroxylation is 1. The molecule has 4 rings (SSSR count). The zero-order valence-corrected chi connectivity index (χ0v) is 17.4. The third-order valence-electron chi connectivity index (χ3n) is 6.13. The lowest BCUT2D eigenvalue weighted by Gasteiger charge is -2.38. The maximum Gasteiger partial charge on any atom is 0.411 e. The van der Waals surface area contributed by atoms with Gasteiger partial charge in [0.2, 0.25) is 0 Å². The number of nitrogen functional groups attached to an aromatic ring is 1. The Morgan fingerprint density at radius 3 is 2.55 bits per heavy atom. The third kappa shape index (κ3) is 3.88. The van der Waals surface area contributed by atoms with E-state index in [1.165, 1.54) is 0 Å². The summed E-state index contributed by atoms with van der Waals surface area (Å²) in [4.78, 5) is 19.0. The van der Waals surface area contributed by atoms with Crippen LogP contribution in [0.2, 0.25) is 0 Å². The molecule has 1 saturated carbocycles. The number of carbonyl (C=O) groups excluding carboxylic acids is 1. The molecule has 1 aliphatic heterocycles. The molecule has 1 atom stereocenters. The Morgan fingerprint density at radius 1 is 1.17 bits per heavy atom. The number of hydrogen-bond donors (Lipinski definition) is 2. The average Bonchev–Trinajstić information content (AvgIpc) is 2.94. The zero-order valence-electron chi connectivity index (χ0n) is 17.4. The highest BCUT2D eigenvalue weighted by molar-refractivity contribution is 5.72. The van der Waals surface area contributed by atoms with Crippen molar-refractivity contribution >= 4 is 17.5 Å². The molecule has 1 aromatic heterocycles. The van der Waals surface area contributed by atoms with Crippen molar-refractivity contribution in [3.8, 4) is 0 Å². The second-order valence-electron chi connectivity index (χ2n) is 8.75. The number of aromatic nitrogens is 1. The molecule has 2 aromatic rings. The van der Waals surface area contributed by atoms with Crippen LogP contribution in [-0.4, -0.2) is 33.7 Å². The SMILES string of the molecule is Cc1cc(NC2CCC(N3C(=O)OC(C)(C)[C@@H]3c3ccccc3)CC2)c(N)cn1. The molecular weight excluding hydrogens is 364 g/mol. The van der Waals surface area contributed by atoms with Crippen LogP contribution in [-0.2, 0) is 4.74 Å². The van der Waals surface area contributed by atoms with Gasteiger partial charge in [-0.05, 0) is 58.1 Å². The van der Waals surface area contributed by atoms with E-state index < -0.39 is 5.60 Å². The predicted octanol–water partition coefficient (Wildman–Crippen LogP) is 4.67. The molecule has 6 nitrogen and oxygen atoms in total. The van der Waals surface area contributed by atoms with Gasteiger partial charge in [0.1, 0.15) is 5.60 Å². The summed E-state index contributed by atoms with van der Waals surface area (Å²) in [5.74, 6) is 0. The molecule has 2 fully saturated rings. The molecule has 2 aliphatic rings. The smallest absolute Gasteiger partial charge is 0.411 e. The zero-order chi connectivity index (χ0) is 20.6. The Kier molecular flexibility index (Phi) is 5.11. The minimum atomic E-state index is -0.545. The molecule has 1 saturated heterocycles. The molecular formula is C23H30N4O2. The summed E-state index contributed by atoms with van der Waals surface area (Å²) in [6.45, 7) is 5.97. The second kappa shape index (κ2) is 7.58. The number of anilines is 2. The minimum Gasteiger partial charge on any atom is -0.441 e. The molecule has 3 N–H and O–H groups in total. The van der Waals surface area contributed by atoms with Crippen LogP contribution in [0.3, 0.4) is 0 Å². The Balaban J connectivity index is 1.47. The summed E-state index contributed by atoms with van der Waals surface area (Å²) < 4.78 is 5.78. The van der Waals surface area contributed by atoms with E-state index in [1.54, 1.807) is 6.20 Å². The van der Waals surface area contributed by atoms with Gasteiger partial charge in [-0.2, -0.15) is 0 Å². The van der Waals surface area contributed by atoms with Gasteiger partial charge in [-0.1, -0.05) is 30.3 Å². The van der Waals surface area contributed by atoms with Crippen LogP contribution in [0.25, 0.3) is 0 Å². The van der Waals surface area contributed by atoms with E-state index in [4.69, 9.17) is 10.5 Å². The quantitative estimate of drug-likeness (QED) is 0.788. The Morgan fingerprint density at radius 2 is 1.86 bits per heavy atom.